The van der Waals surface area contributed by atoms with E-state index in [4.69, 9.17) is 0 Å². The van der Waals surface area contributed by atoms with Crippen molar-refractivity contribution in [1.82, 2.24) is 9.88 Å². The van der Waals surface area contributed by atoms with Crippen molar-refractivity contribution in [2.24, 2.45) is 5.92 Å². The highest BCUT2D eigenvalue weighted by molar-refractivity contribution is 5.95. The smallest absolute Gasteiger partial charge is 0.246 e. The van der Waals surface area contributed by atoms with Crippen LogP contribution in [0, 0.1) is 5.92 Å². The lowest BCUT2D eigenvalue weighted by atomic mass is 10.0. The van der Waals surface area contributed by atoms with Gasteiger partial charge in [-0.3, -0.25) is 9.78 Å². The third-order valence-corrected chi connectivity index (χ3v) is 4.40. The third-order valence-electron chi connectivity index (χ3n) is 4.40. The van der Waals surface area contributed by atoms with E-state index in [2.05, 4.69) is 11.9 Å². The van der Waals surface area contributed by atoms with Crippen LogP contribution in [0.4, 0.5) is 0 Å². The highest BCUT2D eigenvalue weighted by Crippen LogP contribution is 2.19. The molecule has 1 aromatic carbocycles. The van der Waals surface area contributed by atoms with Crippen LogP contribution in [0.1, 0.15) is 31.7 Å². The monoisotopic (exact) mass is 294 g/mol. The maximum absolute atomic E-state index is 12.4. The molecule has 0 unspecified atom stereocenters. The second-order valence-electron chi connectivity index (χ2n) is 6.12. The number of pyridine rings is 1. The van der Waals surface area contributed by atoms with Crippen LogP contribution in [-0.2, 0) is 4.79 Å². The summed E-state index contributed by atoms with van der Waals surface area (Å²) < 4.78 is 0. The van der Waals surface area contributed by atoms with Gasteiger partial charge >= 0.3 is 0 Å². The standard InChI is InChI=1S/C19H22N2O/c1-15-5-4-13-21(14-11-15)18(22)10-9-17-7-2-6-16-8-3-12-20-19(16)17/h2-3,6-10,12,15H,4-5,11,13-14H2,1H3/b10-9-/t15-/m1/s1. The summed E-state index contributed by atoms with van der Waals surface area (Å²) in [4.78, 5) is 18.8. The number of hydrogen-bond acceptors (Lipinski definition) is 2. The van der Waals surface area contributed by atoms with Gasteiger partial charge in [-0.15, -0.1) is 0 Å². The Bertz CT molecular complexity index is 687. The number of carbonyl (C=O) groups is 1. The van der Waals surface area contributed by atoms with E-state index in [9.17, 15) is 4.79 Å². The number of fused-ring (bicyclic) bond motifs is 1. The molecule has 1 aliphatic heterocycles. The van der Waals surface area contributed by atoms with Crippen LogP contribution >= 0.6 is 0 Å². The lowest BCUT2D eigenvalue weighted by Crippen LogP contribution is -2.30. The van der Waals surface area contributed by atoms with Crippen molar-refractivity contribution in [2.75, 3.05) is 13.1 Å². The lowest BCUT2D eigenvalue weighted by molar-refractivity contribution is -0.125. The molecule has 2 aromatic rings. The van der Waals surface area contributed by atoms with Gasteiger partial charge in [0, 0.05) is 36.3 Å². The molecule has 0 saturated carbocycles. The van der Waals surface area contributed by atoms with Crippen LogP contribution in [0.25, 0.3) is 17.0 Å². The van der Waals surface area contributed by atoms with Gasteiger partial charge in [-0.25, -0.2) is 0 Å². The first-order valence-electron chi connectivity index (χ1n) is 8.05. The van der Waals surface area contributed by atoms with Crippen LogP contribution in [0.5, 0.6) is 0 Å². The summed E-state index contributed by atoms with van der Waals surface area (Å²) in [6, 6.07) is 10.0. The maximum atomic E-state index is 12.4. The summed E-state index contributed by atoms with van der Waals surface area (Å²) in [5.41, 5.74) is 1.94. The van der Waals surface area contributed by atoms with Crippen molar-refractivity contribution in [3.05, 3.63) is 48.2 Å². The number of carbonyl (C=O) groups excluding carboxylic acids is 1. The number of nitrogens with zero attached hydrogens (tertiary/aromatic N) is 2. The van der Waals surface area contributed by atoms with E-state index in [1.165, 1.54) is 6.42 Å². The number of rotatable bonds is 2. The summed E-state index contributed by atoms with van der Waals surface area (Å²) in [5.74, 6) is 0.839. The van der Waals surface area contributed by atoms with Crippen LogP contribution in [-0.4, -0.2) is 28.9 Å². The Balaban J connectivity index is 1.76. The van der Waals surface area contributed by atoms with Crippen LogP contribution < -0.4 is 0 Å². The highest BCUT2D eigenvalue weighted by Gasteiger charge is 2.16. The Labute approximate surface area is 131 Å². The molecule has 3 rings (SSSR count). The van der Waals surface area contributed by atoms with Crippen LogP contribution in [0.2, 0.25) is 0 Å². The van der Waals surface area contributed by atoms with E-state index >= 15 is 0 Å². The number of aromatic nitrogens is 1. The molecule has 114 valence electrons. The molecule has 22 heavy (non-hydrogen) atoms. The predicted molar refractivity (Wildman–Crippen MR) is 90.4 cm³/mol. The molecular weight excluding hydrogens is 272 g/mol. The molecule has 1 atom stereocenters. The summed E-state index contributed by atoms with van der Waals surface area (Å²) in [6.45, 7) is 4.02. The average Bonchev–Trinajstić information content (AvgIpc) is 2.77. The molecule has 1 aliphatic rings. The molecule has 3 nitrogen and oxygen atoms in total. The molecule has 0 bridgehead atoms. The van der Waals surface area contributed by atoms with Crippen LogP contribution in [0.3, 0.4) is 0 Å². The van der Waals surface area contributed by atoms with Gasteiger partial charge in [-0.2, -0.15) is 0 Å². The molecule has 1 amide bonds. The zero-order chi connectivity index (χ0) is 15.4. The number of amides is 1. The van der Waals surface area contributed by atoms with E-state index in [-0.39, 0.29) is 5.91 Å². The number of likely N-dealkylation sites (tertiary alicyclic amines) is 1. The quantitative estimate of drug-likeness (QED) is 0.787. The fourth-order valence-corrected chi connectivity index (χ4v) is 3.01. The highest BCUT2D eigenvalue weighted by atomic mass is 16.2. The Morgan fingerprint density at radius 3 is 3.00 bits per heavy atom. The van der Waals surface area contributed by atoms with Gasteiger partial charge in [0.15, 0.2) is 0 Å². The fraction of sp³-hybridized carbons (Fsp3) is 0.368. The van der Waals surface area contributed by atoms with E-state index in [0.717, 1.165) is 48.3 Å². The van der Waals surface area contributed by atoms with E-state index in [0.29, 0.717) is 0 Å². The van der Waals surface area contributed by atoms with Gasteiger partial charge in [0.05, 0.1) is 5.52 Å². The van der Waals surface area contributed by atoms with Crippen molar-refractivity contribution in [2.45, 2.75) is 26.2 Å². The first-order valence-corrected chi connectivity index (χ1v) is 8.05. The molecular formula is C19H22N2O. The number of para-hydroxylation sites is 1. The molecule has 1 saturated heterocycles. The average molecular weight is 294 g/mol. The van der Waals surface area contributed by atoms with Gasteiger partial charge in [0.2, 0.25) is 5.91 Å². The maximum Gasteiger partial charge on any atom is 0.246 e. The summed E-state index contributed by atoms with van der Waals surface area (Å²) >= 11 is 0. The van der Waals surface area contributed by atoms with Crippen molar-refractivity contribution in [3.8, 4) is 0 Å². The van der Waals surface area contributed by atoms with Gasteiger partial charge in [0.25, 0.3) is 0 Å². The zero-order valence-corrected chi connectivity index (χ0v) is 13.0. The third kappa shape index (κ3) is 3.35. The predicted octanol–water partition coefficient (Wildman–Crippen LogP) is 3.90. The van der Waals surface area contributed by atoms with Gasteiger partial charge in [0.1, 0.15) is 0 Å². The zero-order valence-electron chi connectivity index (χ0n) is 13.0. The fourth-order valence-electron chi connectivity index (χ4n) is 3.01. The normalized spacial score (nSPS) is 19.5. The van der Waals surface area contributed by atoms with E-state index in [1.54, 1.807) is 12.3 Å². The Morgan fingerprint density at radius 2 is 2.09 bits per heavy atom. The van der Waals surface area contributed by atoms with Crippen molar-refractivity contribution in [3.63, 3.8) is 0 Å². The molecule has 3 heteroatoms. The molecule has 2 heterocycles. The first kappa shape index (κ1) is 14.8. The van der Waals surface area contributed by atoms with Gasteiger partial charge < -0.3 is 4.90 Å². The van der Waals surface area contributed by atoms with E-state index < -0.39 is 0 Å². The minimum Gasteiger partial charge on any atom is -0.339 e. The van der Waals surface area contributed by atoms with Gasteiger partial charge in [-0.05, 0) is 37.3 Å². The molecule has 1 fully saturated rings. The van der Waals surface area contributed by atoms with E-state index in [1.807, 2.05) is 41.3 Å². The topological polar surface area (TPSA) is 33.2 Å². The SMILES string of the molecule is C[C@@H]1CCCN(C(=O)/C=C\c2cccc3cccnc23)CC1. The van der Waals surface area contributed by atoms with Gasteiger partial charge in [-0.1, -0.05) is 31.2 Å². The lowest BCUT2D eigenvalue weighted by Gasteiger charge is -2.18. The molecule has 0 spiro atoms. The Morgan fingerprint density at radius 1 is 1.23 bits per heavy atom. The minimum atomic E-state index is 0.113. The summed E-state index contributed by atoms with van der Waals surface area (Å²) in [5, 5.41) is 1.10. The number of benzene rings is 1. The largest absolute Gasteiger partial charge is 0.339 e. The van der Waals surface area contributed by atoms with Crippen molar-refractivity contribution in [1.29, 1.82) is 0 Å². The summed E-state index contributed by atoms with van der Waals surface area (Å²) in [6.07, 6.45) is 8.82. The molecule has 0 radical (unpaired) electrons. The van der Waals surface area contributed by atoms with Crippen LogP contribution in [0.15, 0.2) is 42.6 Å². The molecule has 1 aromatic heterocycles. The van der Waals surface area contributed by atoms with Crippen molar-refractivity contribution >= 4 is 22.9 Å². The summed E-state index contributed by atoms with van der Waals surface area (Å²) in [7, 11) is 0. The molecule has 0 N–H and O–H groups in total. The first-order chi connectivity index (χ1) is 10.7. The second kappa shape index (κ2) is 6.73. The minimum absolute atomic E-state index is 0.113. The van der Waals surface area contributed by atoms with Crippen molar-refractivity contribution < 1.29 is 4.79 Å². The Kier molecular flexibility index (Phi) is 4.52. The second-order valence-corrected chi connectivity index (χ2v) is 6.12. The number of hydrogen-bond donors (Lipinski definition) is 0. The Hall–Kier alpha value is -2.16. The molecule has 0 aliphatic carbocycles.